The van der Waals surface area contributed by atoms with Crippen LogP contribution in [0.5, 0.6) is 0 Å². The van der Waals surface area contributed by atoms with Crippen LogP contribution in [0, 0.1) is 0 Å². The highest BCUT2D eigenvalue weighted by atomic mass is 79.9. The highest BCUT2D eigenvalue weighted by Gasteiger charge is 2.26. The molecule has 0 aliphatic carbocycles. The second-order valence-electron chi connectivity index (χ2n) is 17.2. The molecule has 0 aliphatic heterocycles. The normalized spacial score (nSPS) is 11.9. The first-order chi connectivity index (χ1) is 33.4. The second kappa shape index (κ2) is 28.9. The van der Waals surface area contributed by atoms with Crippen molar-refractivity contribution in [1.29, 1.82) is 0 Å². The van der Waals surface area contributed by atoms with Gasteiger partial charge in [-0.05, 0) is 94.1 Å². The summed E-state index contributed by atoms with van der Waals surface area (Å²) in [6.45, 7) is 9.47. The Morgan fingerprint density at radius 1 is 0.606 bits per heavy atom. The largest absolute Gasteiger partial charge is 0.446 e. The van der Waals surface area contributed by atoms with Gasteiger partial charge in [0.25, 0.3) is 11.1 Å². The number of nitrogens with one attached hydrogen (secondary N) is 1. The summed E-state index contributed by atoms with van der Waals surface area (Å²) in [7, 11) is 8.25. The molecule has 0 radical (unpaired) electrons. The molecule has 1 N–H and O–H groups in total. The monoisotopic (exact) mass is 1090 g/mol. The minimum absolute atomic E-state index is 0. The topological polar surface area (TPSA) is 135 Å². The zero-order valence-electron chi connectivity index (χ0n) is 40.2. The Balaban J connectivity index is 0.000000262. The fourth-order valence-electron chi connectivity index (χ4n) is 7.81. The lowest BCUT2D eigenvalue weighted by Crippen LogP contribution is -2.38. The van der Waals surface area contributed by atoms with Crippen LogP contribution in [-0.4, -0.2) is 94.5 Å². The van der Waals surface area contributed by atoms with Crippen LogP contribution >= 0.6 is 31.9 Å². The number of benzene rings is 4. The van der Waals surface area contributed by atoms with Gasteiger partial charge in [0, 0.05) is 47.2 Å². The van der Waals surface area contributed by atoms with E-state index in [1.165, 1.54) is 11.8 Å². The van der Waals surface area contributed by atoms with Gasteiger partial charge in [-0.2, -0.15) is 9.97 Å². The lowest BCUT2D eigenvalue weighted by molar-refractivity contribution is 0.112. The van der Waals surface area contributed by atoms with E-state index in [2.05, 4.69) is 109 Å². The lowest BCUT2D eigenvalue weighted by Gasteiger charge is -2.33. The number of hydrogen-bond acceptors (Lipinski definition) is 11. The quantitative estimate of drug-likeness (QED) is 0.0776. The van der Waals surface area contributed by atoms with Crippen molar-refractivity contribution in [1.82, 2.24) is 39.1 Å². The van der Waals surface area contributed by atoms with Crippen molar-refractivity contribution in [3.8, 4) is 0 Å². The van der Waals surface area contributed by atoms with E-state index in [9.17, 15) is 14.4 Å². The Morgan fingerprint density at radius 2 is 1.08 bits per heavy atom. The molecule has 0 aliphatic rings. The van der Waals surface area contributed by atoms with Gasteiger partial charge in [0.1, 0.15) is 28.7 Å². The van der Waals surface area contributed by atoms with Crippen molar-refractivity contribution in [2.75, 3.05) is 54.4 Å². The molecule has 0 fully saturated rings. The minimum Gasteiger partial charge on any atom is -0.446 e. The van der Waals surface area contributed by atoms with Gasteiger partial charge >= 0.3 is 0 Å². The molecular weight excluding hydrogens is 1020 g/mol. The van der Waals surface area contributed by atoms with Gasteiger partial charge in [-0.1, -0.05) is 145 Å². The summed E-state index contributed by atoms with van der Waals surface area (Å²) in [6, 6.07) is 39.0. The van der Waals surface area contributed by atoms with E-state index in [0.29, 0.717) is 40.9 Å². The van der Waals surface area contributed by atoms with Crippen LogP contribution in [0.1, 0.15) is 92.3 Å². The van der Waals surface area contributed by atoms with Crippen molar-refractivity contribution >= 4 is 60.3 Å². The van der Waals surface area contributed by atoms with Crippen molar-refractivity contribution in [2.45, 2.75) is 73.3 Å². The third-order valence-electron chi connectivity index (χ3n) is 11.5. The summed E-state index contributed by atoms with van der Waals surface area (Å²) in [5, 5.41) is 4.56. The predicted octanol–water partition coefficient (Wildman–Crippen LogP) is 11.5. The Morgan fingerprint density at radius 3 is 1.55 bits per heavy atom. The molecular formula is C56H70Br2N8O5. The molecule has 71 heavy (non-hydrogen) atoms. The fourth-order valence-corrected chi connectivity index (χ4v) is 8.34. The number of aromatic nitrogens is 4. The number of hydrogen-bond donors (Lipinski definition) is 1. The van der Waals surface area contributed by atoms with Crippen molar-refractivity contribution in [3.63, 3.8) is 0 Å². The molecule has 2 atom stereocenters. The van der Waals surface area contributed by atoms with Gasteiger partial charge < -0.3 is 24.0 Å². The molecule has 15 heteroatoms. The van der Waals surface area contributed by atoms with E-state index < -0.39 is 0 Å². The maximum Gasteiger partial charge on any atom is 0.265 e. The Bertz CT molecular complexity index is 2940. The van der Waals surface area contributed by atoms with Crippen LogP contribution in [0.4, 0.5) is 0 Å². The molecule has 13 nitrogen and oxygen atoms in total. The van der Waals surface area contributed by atoms with Crippen LogP contribution in [0.15, 0.2) is 161 Å². The van der Waals surface area contributed by atoms with E-state index in [-0.39, 0.29) is 38.1 Å². The number of likely N-dealkylation sites (N-methyl/N-ethyl adjacent to an activating group) is 2. The highest BCUT2D eigenvalue weighted by Crippen LogP contribution is 2.27. The summed E-state index contributed by atoms with van der Waals surface area (Å²) in [4.78, 5) is 53.0. The van der Waals surface area contributed by atoms with Crippen LogP contribution in [0.3, 0.4) is 0 Å². The number of carbonyl (C=O) groups excluding carboxylic acids is 1. The molecule has 0 amide bonds. The van der Waals surface area contributed by atoms with E-state index in [1.807, 2.05) is 91.5 Å². The molecule has 8 rings (SSSR count). The molecule has 4 heterocycles. The maximum atomic E-state index is 13.6. The number of furan rings is 2. The smallest absolute Gasteiger partial charge is 0.265 e. The zero-order valence-corrected chi connectivity index (χ0v) is 43.4. The number of carbonyl (C=O) groups is 1. The summed E-state index contributed by atoms with van der Waals surface area (Å²) in [5.41, 5.74) is 4.75. The first-order valence-corrected chi connectivity index (χ1v) is 24.7. The van der Waals surface area contributed by atoms with Crippen LogP contribution in [0.25, 0.3) is 22.2 Å². The van der Waals surface area contributed by atoms with Gasteiger partial charge in [-0.15, -0.1) is 0 Å². The summed E-state index contributed by atoms with van der Waals surface area (Å²) in [6.07, 6.45) is 5.54. The molecule has 4 aromatic carbocycles. The van der Waals surface area contributed by atoms with Gasteiger partial charge in [-0.25, -0.2) is 0 Å². The van der Waals surface area contributed by atoms with Crippen molar-refractivity contribution < 1.29 is 13.6 Å². The zero-order chi connectivity index (χ0) is 49.3. The first kappa shape index (κ1) is 57.8. The number of fused-ring (bicyclic) bond motifs is 2. The standard InChI is InChI=1S/C27H31BrN4O2.C20H26N4O2.C7H5BrO.2CH4/c1-4-24(31(16-15-30(2)3)18-21-10-12-22(28)13-11-21)25-29-26-23(14-17-34-26)27(33)32(25)19-20-8-6-5-7-9-20;1-4-17(21-11-12-23(2)3)18-22-19-16(10-13-26-19)20(25)24(18)14-15-8-6-5-7-9-15;8-7-3-1-6(5-9)2-4-7;;/h5-14,17,24H,4,15-16,18-19H2,1-3H3;5-10,13,17,21H,4,11-12,14H2,1-3H3;1-5H;2*1H4. The third kappa shape index (κ3) is 16.4. The number of halogens is 2. The first-order valence-electron chi connectivity index (χ1n) is 23.1. The second-order valence-corrected chi connectivity index (χ2v) is 19.0. The summed E-state index contributed by atoms with van der Waals surface area (Å²) in [5.74, 6) is 1.47. The molecule has 8 aromatic rings. The van der Waals surface area contributed by atoms with Crippen LogP contribution in [-0.2, 0) is 19.6 Å². The number of aldehydes is 1. The van der Waals surface area contributed by atoms with Crippen LogP contribution in [0.2, 0.25) is 0 Å². The Labute approximate surface area is 435 Å². The summed E-state index contributed by atoms with van der Waals surface area (Å²) >= 11 is 6.79. The Hall–Kier alpha value is -5.81. The summed E-state index contributed by atoms with van der Waals surface area (Å²) < 4.78 is 16.7. The molecule has 0 saturated heterocycles. The average molecular weight is 1100 g/mol. The van der Waals surface area contributed by atoms with E-state index in [4.69, 9.17) is 13.8 Å². The van der Waals surface area contributed by atoms with E-state index >= 15 is 0 Å². The molecule has 2 unspecified atom stereocenters. The number of nitrogens with zero attached hydrogens (tertiary/aromatic N) is 7. The van der Waals surface area contributed by atoms with Gasteiger partial charge in [-0.3, -0.25) is 28.4 Å². The predicted molar refractivity (Wildman–Crippen MR) is 296 cm³/mol. The molecule has 0 saturated carbocycles. The van der Waals surface area contributed by atoms with Gasteiger partial charge in [0.2, 0.25) is 11.4 Å². The van der Waals surface area contributed by atoms with Gasteiger partial charge in [0.05, 0.1) is 37.7 Å². The fraction of sp³-hybridized carbons (Fsp3) is 0.339. The third-order valence-corrected chi connectivity index (χ3v) is 12.6. The van der Waals surface area contributed by atoms with Crippen molar-refractivity contribution in [3.05, 3.63) is 197 Å². The maximum absolute atomic E-state index is 13.6. The minimum atomic E-state index is -0.0627. The SMILES string of the molecule is C.C.CCC(NCCN(C)C)c1nc2occc2c(=O)n1Cc1ccccc1.CCC(c1nc2occc2c(=O)n1Cc1ccccc1)N(CCN(C)C)Cc1ccc(Br)cc1.O=Cc1ccc(Br)cc1. The lowest BCUT2D eigenvalue weighted by atomic mass is 10.1. The average Bonchev–Trinajstić information content (AvgIpc) is 4.04. The molecule has 4 aromatic heterocycles. The van der Waals surface area contributed by atoms with E-state index in [1.54, 1.807) is 35.1 Å². The van der Waals surface area contributed by atoms with E-state index in [0.717, 1.165) is 83.6 Å². The Kier molecular flexibility index (Phi) is 23.5. The molecule has 0 bridgehead atoms. The molecule has 378 valence electrons. The molecule has 0 spiro atoms. The van der Waals surface area contributed by atoms with Crippen molar-refractivity contribution in [2.24, 2.45) is 0 Å². The van der Waals surface area contributed by atoms with Crippen LogP contribution < -0.4 is 16.4 Å². The number of rotatable bonds is 19. The highest BCUT2D eigenvalue weighted by molar-refractivity contribution is 9.10. The van der Waals surface area contributed by atoms with Gasteiger partial charge in [0.15, 0.2) is 0 Å².